The van der Waals surface area contributed by atoms with Crippen LogP contribution in [0.1, 0.15) is 37.3 Å². The first-order valence-electron chi connectivity index (χ1n) is 5.20. The lowest BCUT2D eigenvalue weighted by Gasteiger charge is -1.99. The van der Waals surface area contributed by atoms with E-state index in [9.17, 15) is 5.11 Å². The maximum atomic E-state index is 9.33. The molecule has 0 fully saturated rings. The summed E-state index contributed by atoms with van der Waals surface area (Å²) in [7, 11) is 0. The number of phenolic OH excluding ortho intramolecular Hbond substituents is 1. The molecule has 0 saturated heterocycles. The van der Waals surface area contributed by atoms with E-state index in [1.54, 1.807) is 6.07 Å². The number of hydrogen-bond donors (Lipinski definition) is 1. The summed E-state index contributed by atoms with van der Waals surface area (Å²) in [6, 6.07) is 5.68. The largest absolute Gasteiger partial charge is 0.508 e. The fraction of sp³-hybridized carbons (Fsp3) is 0.385. The molecule has 1 aromatic rings. The molecule has 0 amide bonds. The van der Waals surface area contributed by atoms with Crippen molar-refractivity contribution in [1.82, 2.24) is 0 Å². The second-order valence-corrected chi connectivity index (χ2v) is 3.59. The van der Waals surface area contributed by atoms with Crippen molar-refractivity contribution in [3.63, 3.8) is 0 Å². The van der Waals surface area contributed by atoms with Gasteiger partial charge >= 0.3 is 0 Å². The molecule has 1 nitrogen and oxygen atoms in total. The zero-order chi connectivity index (χ0) is 10.4. The summed E-state index contributed by atoms with van der Waals surface area (Å²) in [6.45, 7) is 4.11. The summed E-state index contributed by atoms with van der Waals surface area (Å²) >= 11 is 0. The topological polar surface area (TPSA) is 20.2 Å². The summed E-state index contributed by atoms with van der Waals surface area (Å²) < 4.78 is 0. The molecule has 0 atom stereocenters. The Morgan fingerprint density at radius 1 is 1.36 bits per heavy atom. The molecule has 0 spiro atoms. The average molecular weight is 190 g/mol. The molecular weight excluding hydrogens is 172 g/mol. The first-order chi connectivity index (χ1) is 6.74. The molecule has 1 N–H and O–H groups in total. The van der Waals surface area contributed by atoms with Crippen molar-refractivity contribution in [2.45, 2.75) is 33.1 Å². The van der Waals surface area contributed by atoms with Gasteiger partial charge in [0.2, 0.25) is 0 Å². The van der Waals surface area contributed by atoms with E-state index >= 15 is 0 Å². The Hall–Kier alpha value is -1.24. The van der Waals surface area contributed by atoms with Crippen LogP contribution in [0.25, 0.3) is 6.08 Å². The number of unbranched alkanes of at least 4 members (excludes halogenated alkanes) is 2. The standard InChI is InChI=1S/C13H18O/c1-3-4-5-6-7-12-8-9-13(14)11(2)10-12/h6-10,14H,3-5H2,1-2H3/b7-6+. The lowest BCUT2D eigenvalue weighted by Crippen LogP contribution is -1.77. The van der Waals surface area contributed by atoms with Crippen LogP contribution in [0.15, 0.2) is 24.3 Å². The fourth-order valence-corrected chi connectivity index (χ4v) is 1.32. The molecule has 14 heavy (non-hydrogen) atoms. The number of hydrogen-bond acceptors (Lipinski definition) is 1. The van der Waals surface area contributed by atoms with Crippen LogP contribution < -0.4 is 0 Å². The summed E-state index contributed by atoms with van der Waals surface area (Å²) in [6.07, 6.45) is 7.92. The Morgan fingerprint density at radius 3 is 2.79 bits per heavy atom. The molecule has 0 aliphatic heterocycles. The Balaban J connectivity index is 2.59. The van der Waals surface area contributed by atoms with E-state index in [-0.39, 0.29) is 0 Å². The molecule has 76 valence electrons. The van der Waals surface area contributed by atoms with Crippen molar-refractivity contribution in [3.05, 3.63) is 35.4 Å². The summed E-state index contributed by atoms with van der Waals surface area (Å²) in [5, 5.41) is 9.33. The Kier molecular flexibility index (Phi) is 4.24. The highest BCUT2D eigenvalue weighted by atomic mass is 16.3. The molecule has 0 saturated carbocycles. The highest BCUT2D eigenvalue weighted by Gasteiger charge is 1.94. The Bertz CT molecular complexity index is 313. The van der Waals surface area contributed by atoms with Crippen LogP contribution in [0.5, 0.6) is 5.75 Å². The minimum absolute atomic E-state index is 0.371. The maximum Gasteiger partial charge on any atom is 0.118 e. The van der Waals surface area contributed by atoms with Gasteiger partial charge in [-0.15, -0.1) is 0 Å². The van der Waals surface area contributed by atoms with Gasteiger partial charge in [-0.25, -0.2) is 0 Å². The molecule has 1 heteroatoms. The van der Waals surface area contributed by atoms with Gasteiger partial charge in [-0.2, -0.15) is 0 Å². The van der Waals surface area contributed by atoms with Gasteiger partial charge in [0.05, 0.1) is 0 Å². The molecule has 0 aromatic heterocycles. The average Bonchev–Trinajstić information content (AvgIpc) is 2.18. The second-order valence-electron chi connectivity index (χ2n) is 3.59. The van der Waals surface area contributed by atoms with Crippen molar-refractivity contribution in [2.24, 2.45) is 0 Å². The van der Waals surface area contributed by atoms with Gasteiger partial charge in [0, 0.05) is 0 Å². The molecular formula is C13H18O. The van der Waals surface area contributed by atoms with Gasteiger partial charge in [-0.1, -0.05) is 38.0 Å². The van der Waals surface area contributed by atoms with E-state index in [4.69, 9.17) is 0 Å². The highest BCUT2D eigenvalue weighted by molar-refractivity contribution is 5.52. The van der Waals surface area contributed by atoms with Crippen LogP contribution in [0, 0.1) is 6.92 Å². The SMILES string of the molecule is CCCC/C=C/c1ccc(O)c(C)c1. The van der Waals surface area contributed by atoms with Gasteiger partial charge < -0.3 is 5.11 Å². The second kappa shape index (κ2) is 5.48. The van der Waals surface area contributed by atoms with Crippen molar-refractivity contribution in [2.75, 3.05) is 0 Å². The van der Waals surface area contributed by atoms with Crippen molar-refractivity contribution in [3.8, 4) is 5.75 Å². The molecule has 0 aliphatic carbocycles. The van der Waals surface area contributed by atoms with Gasteiger partial charge in [0.15, 0.2) is 0 Å². The van der Waals surface area contributed by atoms with E-state index in [2.05, 4.69) is 19.1 Å². The smallest absolute Gasteiger partial charge is 0.118 e. The third-order valence-corrected chi connectivity index (χ3v) is 2.26. The number of aromatic hydroxyl groups is 1. The maximum absolute atomic E-state index is 9.33. The van der Waals surface area contributed by atoms with Gasteiger partial charge in [0.1, 0.15) is 5.75 Å². The van der Waals surface area contributed by atoms with Crippen molar-refractivity contribution < 1.29 is 5.11 Å². The number of benzene rings is 1. The molecule has 0 radical (unpaired) electrons. The summed E-state index contributed by atoms with van der Waals surface area (Å²) in [4.78, 5) is 0. The molecule has 0 unspecified atom stereocenters. The van der Waals surface area contributed by atoms with Crippen LogP contribution in [-0.4, -0.2) is 5.11 Å². The predicted molar refractivity (Wildman–Crippen MR) is 61.4 cm³/mol. The predicted octanol–water partition coefficient (Wildman–Crippen LogP) is 3.90. The van der Waals surface area contributed by atoms with Gasteiger partial charge in [-0.3, -0.25) is 0 Å². The molecule has 0 aliphatic rings. The third kappa shape index (κ3) is 3.25. The van der Waals surface area contributed by atoms with Crippen molar-refractivity contribution >= 4 is 6.08 Å². The molecule has 0 bridgehead atoms. The Morgan fingerprint density at radius 2 is 2.14 bits per heavy atom. The van der Waals surface area contributed by atoms with Gasteiger partial charge in [-0.05, 0) is 36.6 Å². The fourth-order valence-electron chi connectivity index (χ4n) is 1.32. The van der Waals surface area contributed by atoms with Crippen LogP contribution in [0.3, 0.4) is 0 Å². The van der Waals surface area contributed by atoms with Crippen LogP contribution >= 0.6 is 0 Å². The van der Waals surface area contributed by atoms with Crippen LogP contribution in [0.4, 0.5) is 0 Å². The third-order valence-electron chi connectivity index (χ3n) is 2.26. The van der Waals surface area contributed by atoms with Crippen molar-refractivity contribution in [1.29, 1.82) is 0 Å². The first-order valence-corrected chi connectivity index (χ1v) is 5.20. The number of allylic oxidation sites excluding steroid dienone is 1. The van der Waals surface area contributed by atoms with Crippen LogP contribution in [0.2, 0.25) is 0 Å². The van der Waals surface area contributed by atoms with E-state index in [0.29, 0.717) is 5.75 Å². The lowest BCUT2D eigenvalue weighted by atomic mass is 10.1. The first kappa shape index (κ1) is 10.8. The lowest BCUT2D eigenvalue weighted by molar-refractivity contribution is 0.471. The number of aryl methyl sites for hydroxylation is 1. The molecule has 0 heterocycles. The zero-order valence-corrected chi connectivity index (χ0v) is 8.96. The van der Waals surface area contributed by atoms with E-state index < -0.39 is 0 Å². The van der Waals surface area contributed by atoms with E-state index in [1.165, 1.54) is 12.8 Å². The highest BCUT2D eigenvalue weighted by Crippen LogP contribution is 2.17. The zero-order valence-electron chi connectivity index (χ0n) is 8.96. The number of phenols is 1. The summed E-state index contributed by atoms with van der Waals surface area (Å²) in [5.41, 5.74) is 2.10. The quantitative estimate of drug-likeness (QED) is 0.714. The van der Waals surface area contributed by atoms with Crippen LogP contribution in [-0.2, 0) is 0 Å². The van der Waals surface area contributed by atoms with E-state index in [0.717, 1.165) is 17.5 Å². The number of rotatable bonds is 4. The molecule has 1 aromatic carbocycles. The molecule has 1 rings (SSSR count). The minimum Gasteiger partial charge on any atom is -0.508 e. The Labute approximate surface area is 86.1 Å². The van der Waals surface area contributed by atoms with Gasteiger partial charge in [0.25, 0.3) is 0 Å². The minimum atomic E-state index is 0.371. The van der Waals surface area contributed by atoms with E-state index in [1.807, 2.05) is 19.1 Å². The summed E-state index contributed by atoms with van der Waals surface area (Å²) in [5.74, 6) is 0.371. The normalized spacial score (nSPS) is 11.0. The monoisotopic (exact) mass is 190 g/mol.